The monoisotopic (exact) mass is 661 g/mol. The fourth-order valence-corrected chi connectivity index (χ4v) is 5.08. The molecule has 0 aliphatic heterocycles. The van der Waals surface area contributed by atoms with Gasteiger partial charge >= 0.3 is 17.9 Å². The number of aliphatic hydroxyl groups excluding tert-OH is 3. The van der Waals surface area contributed by atoms with E-state index in [4.69, 9.17) is 14.6 Å². The molecule has 2 unspecified atom stereocenters. The van der Waals surface area contributed by atoms with Gasteiger partial charge in [0.2, 0.25) is 0 Å². The molecule has 0 aromatic rings. The molecule has 0 fully saturated rings. The molecular weight excluding hydrogens is 588 g/mol. The lowest BCUT2D eigenvalue weighted by molar-refractivity contribution is -0.157. The van der Waals surface area contributed by atoms with Crippen molar-refractivity contribution < 1.29 is 44.3 Å². The number of rotatable bonds is 31. The molecule has 0 radical (unpaired) electrons. The quantitative estimate of drug-likeness (QED) is 0.0428. The number of aliphatic carboxylic acids is 1. The molecule has 0 spiro atoms. The molecule has 0 bridgehead atoms. The van der Waals surface area contributed by atoms with Crippen molar-refractivity contribution in [1.82, 2.24) is 0 Å². The Morgan fingerprint density at radius 1 is 0.587 bits per heavy atom. The van der Waals surface area contributed by atoms with Crippen molar-refractivity contribution in [2.24, 2.45) is 17.3 Å². The van der Waals surface area contributed by atoms with Crippen LogP contribution in [0.3, 0.4) is 0 Å². The lowest BCUT2D eigenvalue weighted by Gasteiger charge is -2.27. The van der Waals surface area contributed by atoms with Gasteiger partial charge in [0.25, 0.3) is 0 Å². The van der Waals surface area contributed by atoms with Crippen molar-refractivity contribution in [2.45, 2.75) is 169 Å². The molecule has 0 amide bonds. The summed E-state index contributed by atoms with van der Waals surface area (Å²) in [6, 6.07) is 0. The third kappa shape index (κ3) is 27.4. The van der Waals surface area contributed by atoms with Crippen molar-refractivity contribution in [1.29, 1.82) is 0 Å². The molecule has 0 rings (SSSR count). The zero-order chi connectivity index (χ0) is 34.9. The van der Waals surface area contributed by atoms with Crippen LogP contribution in [0.1, 0.15) is 169 Å². The number of esters is 2. The molecule has 9 nitrogen and oxygen atoms in total. The van der Waals surface area contributed by atoms with Crippen LogP contribution >= 0.6 is 0 Å². The van der Waals surface area contributed by atoms with Gasteiger partial charge in [-0.2, -0.15) is 0 Å². The van der Waals surface area contributed by atoms with Crippen molar-refractivity contribution in [3.63, 3.8) is 0 Å². The number of carboxylic acid groups (broad SMARTS) is 1. The molecule has 0 saturated heterocycles. The predicted octanol–water partition coefficient (Wildman–Crippen LogP) is 8.00. The maximum atomic E-state index is 12.6. The third-order valence-corrected chi connectivity index (χ3v) is 8.72. The summed E-state index contributed by atoms with van der Waals surface area (Å²) in [6.45, 7) is 7.76. The molecule has 9 heteroatoms. The Morgan fingerprint density at radius 2 is 1.07 bits per heavy atom. The van der Waals surface area contributed by atoms with Gasteiger partial charge in [-0.15, -0.1) is 0 Å². The number of aliphatic hydroxyl groups is 3. The van der Waals surface area contributed by atoms with Crippen LogP contribution in [-0.4, -0.2) is 71.4 Å². The number of hydrogen-bond acceptors (Lipinski definition) is 8. The van der Waals surface area contributed by atoms with Gasteiger partial charge in [0, 0.05) is 12.8 Å². The Kier molecular flexibility index (Phi) is 33.5. The molecule has 0 aliphatic carbocycles. The van der Waals surface area contributed by atoms with Crippen LogP contribution in [0, 0.1) is 17.3 Å². The first kappa shape index (κ1) is 46.4. The first-order valence-corrected chi connectivity index (χ1v) is 18.5. The highest BCUT2D eigenvalue weighted by Gasteiger charge is 2.31. The highest BCUT2D eigenvalue weighted by atomic mass is 16.5. The Morgan fingerprint density at radius 3 is 1.57 bits per heavy atom. The number of hydrogen-bond donors (Lipinski definition) is 4. The van der Waals surface area contributed by atoms with Crippen molar-refractivity contribution in [3.8, 4) is 0 Å². The van der Waals surface area contributed by atoms with Crippen LogP contribution in [0.2, 0.25) is 0 Å². The third-order valence-electron chi connectivity index (χ3n) is 8.72. The van der Waals surface area contributed by atoms with Gasteiger partial charge in [-0.05, 0) is 38.0 Å². The highest BCUT2D eigenvalue weighted by molar-refractivity contribution is 5.72. The second-order valence-corrected chi connectivity index (χ2v) is 13.1. The Bertz CT molecular complexity index is 701. The SMILES string of the molecule is CCCCCC(=O)OCC(CC)CCCC.CCCCCCCCC(CCCCCCCC(=O)O)C(=O)OCC(CO)(CO)CO. The molecule has 0 saturated carbocycles. The predicted molar refractivity (Wildman–Crippen MR) is 184 cm³/mol. The minimum Gasteiger partial charge on any atom is -0.481 e. The maximum absolute atomic E-state index is 12.6. The first-order chi connectivity index (χ1) is 22.2. The molecule has 0 aromatic carbocycles. The number of carbonyl (C=O) groups excluding carboxylic acids is 2. The van der Waals surface area contributed by atoms with E-state index in [0.29, 0.717) is 25.4 Å². The number of carbonyl (C=O) groups is 3. The Balaban J connectivity index is 0. The van der Waals surface area contributed by atoms with Gasteiger partial charge in [0.15, 0.2) is 0 Å². The van der Waals surface area contributed by atoms with E-state index in [1.165, 1.54) is 44.9 Å². The van der Waals surface area contributed by atoms with E-state index in [0.717, 1.165) is 77.0 Å². The zero-order valence-electron chi connectivity index (χ0n) is 30.1. The fraction of sp³-hybridized carbons (Fsp3) is 0.919. The lowest BCUT2D eigenvalue weighted by Crippen LogP contribution is -2.40. The van der Waals surface area contributed by atoms with Gasteiger partial charge in [-0.3, -0.25) is 14.4 Å². The summed E-state index contributed by atoms with van der Waals surface area (Å²) in [5.74, 6) is -0.752. The van der Waals surface area contributed by atoms with E-state index in [2.05, 4.69) is 27.7 Å². The van der Waals surface area contributed by atoms with Crippen LogP contribution in [0.15, 0.2) is 0 Å². The minimum absolute atomic E-state index is 0.0107. The molecule has 274 valence electrons. The first-order valence-electron chi connectivity index (χ1n) is 18.5. The van der Waals surface area contributed by atoms with E-state index in [9.17, 15) is 29.7 Å². The summed E-state index contributed by atoms with van der Waals surface area (Å²) in [7, 11) is 0. The number of ether oxygens (including phenoxy) is 2. The average molecular weight is 661 g/mol. The minimum atomic E-state index is -1.20. The molecule has 0 aliphatic rings. The van der Waals surface area contributed by atoms with Crippen LogP contribution in [0.5, 0.6) is 0 Å². The maximum Gasteiger partial charge on any atom is 0.308 e. The van der Waals surface area contributed by atoms with Gasteiger partial charge in [0.1, 0.15) is 6.61 Å². The Hall–Kier alpha value is -1.71. The van der Waals surface area contributed by atoms with Crippen LogP contribution in [-0.2, 0) is 23.9 Å². The summed E-state index contributed by atoms with van der Waals surface area (Å²) in [6.07, 6.45) is 21.5. The Labute approximate surface area is 281 Å². The van der Waals surface area contributed by atoms with Crippen LogP contribution in [0.25, 0.3) is 0 Å². The van der Waals surface area contributed by atoms with Crippen molar-refractivity contribution >= 4 is 17.9 Å². The second-order valence-electron chi connectivity index (χ2n) is 13.1. The molecule has 0 heterocycles. The van der Waals surface area contributed by atoms with E-state index in [1.807, 2.05) is 0 Å². The lowest BCUT2D eigenvalue weighted by atomic mass is 9.92. The van der Waals surface area contributed by atoms with Gasteiger partial charge in [-0.1, -0.05) is 124 Å². The van der Waals surface area contributed by atoms with E-state index in [1.54, 1.807) is 0 Å². The molecule has 46 heavy (non-hydrogen) atoms. The molecule has 0 aromatic heterocycles. The number of unbranched alkanes of at least 4 members (excludes halogenated alkanes) is 12. The van der Waals surface area contributed by atoms with Crippen LogP contribution < -0.4 is 0 Å². The fourth-order valence-electron chi connectivity index (χ4n) is 5.08. The standard InChI is InChI=1S/C23H44O7.C14H28O2/c1-2-3-4-5-7-10-13-20(14-11-8-6-9-12-15-21(27)28)22(29)30-19-23(16-24,17-25)18-26;1-4-7-9-11-14(15)16-12-13(6-3)10-8-5-2/h20,24-26H,2-19H2,1H3,(H,27,28);13H,4-12H2,1-3H3. The topological polar surface area (TPSA) is 151 Å². The van der Waals surface area contributed by atoms with E-state index in [-0.39, 0.29) is 30.9 Å². The van der Waals surface area contributed by atoms with Crippen molar-refractivity contribution in [2.75, 3.05) is 33.0 Å². The number of carboxylic acids is 1. The van der Waals surface area contributed by atoms with Gasteiger partial charge < -0.3 is 29.9 Å². The van der Waals surface area contributed by atoms with Gasteiger partial charge in [-0.25, -0.2) is 0 Å². The second kappa shape index (κ2) is 33.2. The van der Waals surface area contributed by atoms with E-state index >= 15 is 0 Å². The molecule has 2 atom stereocenters. The molecule has 4 N–H and O–H groups in total. The summed E-state index contributed by atoms with van der Waals surface area (Å²) in [4.78, 5) is 34.5. The summed E-state index contributed by atoms with van der Waals surface area (Å²) < 4.78 is 10.7. The van der Waals surface area contributed by atoms with E-state index < -0.39 is 31.2 Å². The normalized spacial score (nSPS) is 12.6. The van der Waals surface area contributed by atoms with Gasteiger partial charge in [0.05, 0.1) is 37.8 Å². The highest BCUT2D eigenvalue weighted by Crippen LogP contribution is 2.23. The van der Waals surface area contributed by atoms with Crippen molar-refractivity contribution in [3.05, 3.63) is 0 Å². The average Bonchev–Trinajstić information content (AvgIpc) is 3.06. The largest absolute Gasteiger partial charge is 0.481 e. The summed E-state index contributed by atoms with van der Waals surface area (Å²) in [5.41, 5.74) is -1.20. The summed E-state index contributed by atoms with van der Waals surface area (Å²) in [5, 5.41) is 36.9. The zero-order valence-corrected chi connectivity index (χ0v) is 30.1. The van der Waals surface area contributed by atoms with Crippen LogP contribution in [0.4, 0.5) is 0 Å². The summed E-state index contributed by atoms with van der Waals surface area (Å²) >= 11 is 0. The molecular formula is C37H72O9. The smallest absolute Gasteiger partial charge is 0.308 e.